The van der Waals surface area contributed by atoms with E-state index >= 15 is 0 Å². The summed E-state index contributed by atoms with van der Waals surface area (Å²) in [6.45, 7) is 9.02. The van der Waals surface area contributed by atoms with Crippen LogP contribution in [-0.4, -0.2) is 28.6 Å². The lowest BCUT2D eigenvalue weighted by Crippen LogP contribution is -2.55. The van der Waals surface area contributed by atoms with Crippen molar-refractivity contribution in [1.29, 1.82) is 0 Å². The van der Waals surface area contributed by atoms with Gasteiger partial charge >= 0.3 is 0 Å². The Morgan fingerprint density at radius 1 is 1.35 bits per heavy atom. The first kappa shape index (κ1) is 13.8. The molecular formula is C17H23NO2. The number of nitrogens with one attached hydrogen (secondary N) is 1. The topological polar surface area (TPSA) is 52.5 Å². The molecule has 0 radical (unpaired) electrons. The lowest BCUT2D eigenvalue weighted by molar-refractivity contribution is -0.103. The minimum Gasteiger partial charge on any atom is -0.367 e. The van der Waals surface area contributed by atoms with E-state index in [1.54, 1.807) is 0 Å². The van der Waals surface area contributed by atoms with Crippen molar-refractivity contribution in [3.8, 4) is 0 Å². The molecule has 2 atom stereocenters. The van der Waals surface area contributed by atoms with Gasteiger partial charge in [0.15, 0.2) is 6.29 Å². The van der Waals surface area contributed by atoms with Gasteiger partial charge in [-0.1, -0.05) is 25.7 Å². The molecule has 20 heavy (non-hydrogen) atoms. The van der Waals surface area contributed by atoms with Crippen LogP contribution in [0.1, 0.15) is 33.1 Å². The highest BCUT2D eigenvalue weighted by Gasteiger charge is 2.41. The van der Waals surface area contributed by atoms with Gasteiger partial charge in [-0.2, -0.15) is 0 Å². The van der Waals surface area contributed by atoms with Crippen molar-refractivity contribution in [2.24, 2.45) is 5.92 Å². The summed E-state index contributed by atoms with van der Waals surface area (Å²) in [5.41, 5.74) is 5.48. The Morgan fingerprint density at radius 2 is 2.10 bits per heavy atom. The van der Waals surface area contributed by atoms with Crippen LogP contribution >= 0.6 is 0 Å². The van der Waals surface area contributed by atoms with E-state index < -0.39 is 11.8 Å². The first-order valence-electron chi connectivity index (χ1n) is 7.38. The standard InChI is InChI=1S/C17H23NO2/c1-10-5-4-6-12-11(2)15-9-18-17(3,16(19)20)8-14(15)13(12)7-10/h6-7,10,16,18-20H,2,4-5,8-9H2,1,3H3. The number of aliphatic hydroxyl groups is 2. The molecule has 2 unspecified atom stereocenters. The first-order chi connectivity index (χ1) is 9.42. The molecule has 0 spiro atoms. The molecule has 2 aliphatic carbocycles. The molecule has 0 saturated heterocycles. The maximum atomic E-state index is 9.64. The predicted molar refractivity (Wildman–Crippen MR) is 80.0 cm³/mol. The SMILES string of the molecule is C=C1C2=CCCC(C)C=C2C2=C1CNC(C)(C(O)O)C2. The summed E-state index contributed by atoms with van der Waals surface area (Å²) in [5, 5.41) is 22.5. The number of aliphatic hydroxyl groups excluding tert-OH is 1. The van der Waals surface area contributed by atoms with Crippen LogP contribution in [0.2, 0.25) is 0 Å². The van der Waals surface area contributed by atoms with E-state index in [1.165, 1.54) is 28.7 Å². The van der Waals surface area contributed by atoms with Crippen LogP contribution in [-0.2, 0) is 0 Å². The second-order valence-corrected chi connectivity index (χ2v) is 6.51. The van der Waals surface area contributed by atoms with Gasteiger partial charge in [0.1, 0.15) is 0 Å². The lowest BCUT2D eigenvalue weighted by Gasteiger charge is -2.37. The third-order valence-electron chi connectivity index (χ3n) is 4.87. The second-order valence-electron chi connectivity index (χ2n) is 6.51. The molecule has 108 valence electrons. The molecular weight excluding hydrogens is 250 g/mol. The summed E-state index contributed by atoms with van der Waals surface area (Å²) in [5.74, 6) is 0.554. The molecule has 0 aromatic rings. The van der Waals surface area contributed by atoms with Crippen LogP contribution in [0.25, 0.3) is 0 Å². The fourth-order valence-corrected chi connectivity index (χ4v) is 3.43. The van der Waals surface area contributed by atoms with E-state index in [0.29, 0.717) is 18.9 Å². The van der Waals surface area contributed by atoms with E-state index in [9.17, 15) is 10.2 Å². The van der Waals surface area contributed by atoms with Gasteiger partial charge in [-0.3, -0.25) is 0 Å². The number of rotatable bonds is 1. The summed E-state index contributed by atoms with van der Waals surface area (Å²) < 4.78 is 0. The minimum atomic E-state index is -1.36. The highest BCUT2D eigenvalue weighted by Crippen LogP contribution is 2.47. The number of hydrogen-bond donors (Lipinski definition) is 3. The summed E-state index contributed by atoms with van der Waals surface area (Å²) >= 11 is 0. The third kappa shape index (κ3) is 2.01. The summed E-state index contributed by atoms with van der Waals surface area (Å²) in [7, 11) is 0. The predicted octanol–water partition coefficient (Wildman–Crippen LogP) is 2.20. The summed E-state index contributed by atoms with van der Waals surface area (Å²) in [6, 6.07) is 0. The van der Waals surface area contributed by atoms with Gasteiger partial charge in [-0.05, 0) is 60.0 Å². The van der Waals surface area contributed by atoms with Gasteiger partial charge in [0.05, 0.1) is 5.54 Å². The van der Waals surface area contributed by atoms with Crippen molar-refractivity contribution in [1.82, 2.24) is 5.32 Å². The van der Waals surface area contributed by atoms with Crippen molar-refractivity contribution in [2.45, 2.75) is 44.9 Å². The Labute approximate surface area is 120 Å². The molecule has 1 aliphatic heterocycles. The van der Waals surface area contributed by atoms with Crippen molar-refractivity contribution < 1.29 is 10.2 Å². The largest absolute Gasteiger partial charge is 0.367 e. The van der Waals surface area contributed by atoms with E-state index in [-0.39, 0.29) is 0 Å². The van der Waals surface area contributed by atoms with Gasteiger partial charge in [0.2, 0.25) is 0 Å². The van der Waals surface area contributed by atoms with E-state index in [0.717, 1.165) is 12.0 Å². The first-order valence-corrected chi connectivity index (χ1v) is 7.38. The molecule has 3 N–H and O–H groups in total. The van der Waals surface area contributed by atoms with Gasteiger partial charge in [0, 0.05) is 6.54 Å². The highest BCUT2D eigenvalue weighted by molar-refractivity contribution is 5.72. The molecule has 0 aromatic carbocycles. The van der Waals surface area contributed by atoms with E-state index in [2.05, 4.69) is 31.0 Å². The molecule has 3 heteroatoms. The Balaban J connectivity index is 2.05. The lowest BCUT2D eigenvalue weighted by atomic mass is 9.84. The number of allylic oxidation sites excluding steroid dienone is 4. The zero-order chi connectivity index (χ0) is 14.5. The van der Waals surface area contributed by atoms with Crippen LogP contribution < -0.4 is 5.32 Å². The minimum absolute atomic E-state index is 0.554. The maximum absolute atomic E-state index is 9.64. The quantitative estimate of drug-likeness (QED) is 0.642. The highest BCUT2D eigenvalue weighted by atomic mass is 16.5. The second kappa shape index (κ2) is 4.69. The normalized spacial score (nSPS) is 33.6. The van der Waals surface area contributed by atoms with Gasteiger partial charge < -0.3 is 15.5 Å². The van der Waals surface area contributed by atoms with Crippen molar-refractivity contribution in [2.75, 3.05) is 6.54 Å². The molecule has 0 saturated carbocycles. The molecule has 3 aliphatic rings. The van der Waals surface area contributed by atoms with Crippen LogP contribution in [0, 0.1) is 5.92 Å². The zero-order valence-corrected chi connectivity index (χ0v) is 12.2. The van der Waals surface area contributed by atoms with Crippen molar-refractivity contribution >= 4 is 0 Å². The number of hydrogen-bond acceptors (Lipinski definition) is 3. The fraction of sp³-hybridized carbons (Fsp3) is 0.529. The Kier molecular flexibility index (Phi) is 3.24. The van der Waals surface area contributed by atoms with Crippen LogP contribution in [0.4, 0.5) is 0 Å². The monoisotopic (exact) mass is 273 g/mol. The van der Waals surface area contributed by atoms with Gasteiger partial charge in [-0.25, -0.2) is 0 Å². The maximum Gasteiger partial charge on any atom is 0.170 e. The summed E-state index contributed by atoms with van der Waals surface area (Å²) in [6.07, 6.45) is 6.16. The van der Waals surface area contributed by atoms with Crippen LogP contribution in [0.5, 0.6) is 0 Å². The van der Waals surface area contributed by atoms with Gasteiger partial charge in [-0.15, -0.1) is 0 Å². The van der Waals surface area contributed by atoms with Crippen LogP contribution in [0.15, 0.2) is 46.6 Å². The van der Waals surface area contributed by atoms with E-state index in [1.807, 2.05) is 6.92 Å². The van der Waals surface area contributed by atoms with Crippen molar-refractivity contribution in [3.63, 3.8) is 0 Å². The average Bonchev–Trinajstić information content (AvgIpc) is 2.55. The van der Waals surface area contributed by atoms with E-state index in [4.69, 9.17) is 0 Å². The van der Waals surface area contributed by atoms with Crippen molar-refractivity contribution in [3.05, 3.63) is 46.6 Å². The Bertz CT molecular complexity index is 553. The molecule has 0 bridgehead atoms. The van der Waals surface area contributed by atoms with Gasteiger partial charge in [0.25, 0.3) is 0 Å². The zero-order valence-electron chi connectivity index (χ0n) is 12.2. The Morgan fingerprint density at radius 3 is 2.80 bits per heavy atom. The molecule has 1 heterocycles. The Hall–Kier alpha value is -1.16. The molecule has 0 fully saturated rings. The average molecular weight is 273 g/mol. The van der Waals surface area contributed by atoms with Crippen LogP contribution in [0.3, 0.4) is 0 Å². The number of fused-ring (bicyclic) bond motifs is 2. The fourth-order valence-electron chi connectivity index (χ4n) is 3.43. The molecule has 3 rings (SSSR count). The molecule has 3 nitrogen and oxygen atoms in total. The smallest absolute Gasteiger partial charge is 0.170 e. The molecule has 0 amide bonds. The molecule has 0 aromatic heterocycles. The summed E-state index contributed by atoms with van der Waals surface area (Å²) in [4.78, 5) is 0. The third-order valence-corrected chi connectivity index (χ3v) is 4.87.